The van der Waals surface area contributed by atoms with Gasteiger partial charge in [0.05, 0.1) is 12.7 Å². The first-order valence-corrected chi connectivity index (χ1v) is 6.41. The molecule has 1 heterocycles. The van der Waals surface area contributed by atoms with Crippen molar-refractivity contribution in [2.45, 2.75) is 38.8 Å². The maximum absolute atomic E-state index is 11.5. The summed E-state index contributed by atoms with van der Waals surface area (Å²) in [4.78, 5) is 22.8. The molecule has 1 saturated heterocycles. The van der Waals surface area contributed by atoms with Crippen LogP contribution < -0.4 is 10.6 Å². The minimum Gasteiger partial charge on any atom is -0.464 e. The van der Waals surface area contributed by atoms with Crippen molar-refractivity contribution in [2.24, 2.45) is 0 Å². The number of rotatable bonds is 6. The monoisotopic (exact) mass is 258 g/mol. The molecule has 2 N–H and O–H groups in total. The predicted molar refractivity (Wildman–Crippen MR) is 66.1 cm³/mol. The molecule has 0 aliphatic carbocycles. The third-order valence-electron chi connectivity index (χ3n) is 2.75. The maximum Gasteiger partial charge on any atom is 0.328 e. The van der Waals surface area contributed by atoms with Crippen LogP contribution in [0.25, 0.3) is 0 Å². The van der Waals surface area contributed by atoms with Crippen molar-refractivity contribution in [3.63, 3.8) is 0 Å². The Bertz CT molecular complexity index is 277. The van der Waals surface area contributed by atoms with Crippen LogP contribution in [0.5, 0.6) is 0 Å². The lowest BCUT2D eigenvalue weighted by molar-refractivity contribution is -0.147. The van der Waals surface area contributed by atoms with E-state index in [-0.39, 0.29) is 18.6 Å². The molecule has 0 aromatic heterocycles. The minimum absolute atomic E-state index is 0.00554. The van der Waals surface area contributed by atoms with E-state index < -0.39 is 12.0 Å². The number of nitrogens with one attached hydrogen (secondary N) is 2. The van der Waals surface area contributed by atoms with Gasteiger partial charge in [-0.2, -0.15) is 0 Å². The number of ether oxygens (including phenoxy) is 2. The molecule has 6 nitrogen and oxygen atoms in total. The third kappa shape index (κ3) is 5.46. The molecule has 18 heavy (non-hydrogen) atoms. The van der Waals surface area contributed by atoms with E-state index in [1.807, 2.05) is 0 Å². The Hall–Kier alpha value is -1.14. The van der Waals surface area contributed by atoms with E-state index >= 15 is 0 Å². The van der Waals surface area contributed by atoms with Crippen LogP contribution in [0.15, 0.2) is 0 Å². The summed E-state index contributed by atoms with van der Waals surface area (Å²) in [5.74, 6) is -0.707. The fourth-order valence-corrected chi connectivity index (χ4v) is 1.76. The van der Waals surface area contributed by atoms with Gasteiger partial charge >= 0.3 is 5.97 Å². The predicted octanol–water partition coefficient (Wildman–Crippen LogP) is -0.177. The molecule has 6 heteroatoms. The second-order valence-electron chi connectivity index (χ2n) is 4.30. The molecule has 1 atom stereocenters. The average Bonchev–Trinajstić information content (AvgIpc) is 2.38. The van der Waals surface area contributed by atoms with Crippen LogP contribution in [0.2, 0.25) is 0 Å². The van der Waals surface area contributed by atoms with E-state index in [1.54, 1.807) is 13.8 Å². The van der Waals surface area contributed by atoms with E-state index in [4.69, 9.17) is 9.47 Å². The summed E-state index contributed by atoms with van der Waals surface area (Å²) in [6, 6.07) is -0.630. The Balaban J connectivity index is 2.18. The van der Waals surface area contributed by atoms with E-state index in [0.717, 1.165) is 25.9 Å². The zero-order valence-electron chi connectivity index (χ0n) is 11.0. The van der Waals surface area contributed by atoms with E-state index in [9.17, 15) is 9.59 Å². The molecule has 0 radical (unpaired) electrons. The molecule has 1 rings (SSSR count). The number of esters is 1. The number of amides is 1. The first-order valence-electron chi connectivity index (χ1n) is 6.41. The van der Waals surface area contributed by atoms with Crippen LogP contribution in [0, 0.1) is 0 Å². The van der Waals surface area contributed by atoms with Crippen LogP contribution in [0.3, 0.4) is 0 Å². The van der Waals surface area contributed by atoms with Crippen molar-refractivity contribution in [1.29, 1.82) is 0 Å². The van der Waals surface area contributed by atoms with Crippen molar-refractivity contribution in [2.75, 3.05) is 26.3 Å². The van der Waals surface area contributed by atoms with Gasteiger partial charge in [0, 0.05) is 0 Å². The molecule has 1 amide bonds. The van der Waals surface area contributed by atoms with Gasteiger partial charge in [0.2, 0.25) is 5.91 Å². The van der Waals surface area contributed by atoms with Gasteiger partial charge in [-0.25, -0.2) is 4.79 Å². The number of piperidine rings is 1. The quantitative estimate of drug-likeness (QED) is 0.646. The highest BCUT2D eigenvalue weighted by Gasteiger charge is 2.18. The Morgan fingerprint density at radius 3 is 2.67 bits per heavy atom. The molecule has 0 aromatic carbocycles. The van der Waals surface area contributed by atoms with Gasteiger partial charge in [-0.1, -0.05) is 0 Å². The van der Waals surface area contributed by atoms with Gasteiger partial charge in [-0.05, 0) is 39.8 Å². The highest BCUT2D eigenvalue weighted by molar-refractivity contribution is 5.84. The molecular formula is C12H22N2O4. The summed E-state index contributed by atoms with van der Waals surface area (Å²) in [6.07, 6.45) is 1.97. The lowest BCUT2D eigenvalue weighted by atomic mass is 10.1. The van der Waals surface area contributed by atoms with Gasteiger partial charge < -0.3 is 20.1 Å². The Labute approximate surface area is 107 Å². The highest BCUT2D eigenvalue weighted by atomic mass is 16.5. The van der Waals surface area contributed by atoms with E-state index in [0.29, 0.717) is 6.61 Å². The van der Waals surface area contributed by atoms with Crippen molar-refractivity contribution in [3.8, 4) is 0 Å². The largest absolute Gasteiger partial charge is 0.464 e. The summed E-state index contributed by atoms with van der Waals surface area (Å²) in [6.45, 7) is 5.48. The summed E-state index contributed by atoms with van der Waals surface area (Å²) < 4.78 is 10.3. The van der Waals surface area contributed by atoms with E-state index in [2.05, 4.69) is 10.6 Å². The minimum atomic E-state index is -0.630. The van der Waals surface area contributed by atoms with Crippen molar-refractivity contribution in [3.05, 3.63) is 0 Å². The van der Waals surface area contributed by atoms with Gasteiger partial charge in [0.15, 0.2) is 0 Å². The molecule has 0 aromatic rings. The van der Waals surface area contributed by atoms with Crippen LogP contribution in [0.4, 0.5) is 0 Å². The lowest BCUT2D eigenvalue weighted by Crippen LogP contribution is -2.42. The van der Waals surface area contributed by atoms with Crippen LogP contribution >= 0.6 is 0 Å². The molecule has 1 aliphatic heterocycles. The average molecular weight is 258 g/mol. The summed E-state index contributed by atoms with van der Waals surface area (Å²) in [5.41, 5.74) is 0. The van der Waals surface area contributed by atoms with Gasteiger partial charge in [-0.3, -0.25) is 4.79 Å². The van der Waals surface area contributed by atoms with Gasteiger partial charge in [0.25, 0.3) is 0 Å². The zero-order valence-corrected chi connectivity index (χ0v) is 11.0. The first-order chi connectivity index (χ1) is 8.63. The third-order valence-corrected chi connectivity index (χ3v) is 2.75. The van der Waals surface area contributed by atoms with Gasteiger partial charge in [-0.15, -0.1) is 0 Å². The summed E-state index contributed by atoms with van der Waals surface area (Å²) >= 11 is 0. The topological polar surface area (TPSA) is 76.7 Å². The molecule has 1 aliphatic rings. The Kier molecular flexibility index (Phi) is 6.67. The first kappa shape index (κ1) is 14.9. The van der Waals surface area contributed by atoms with Crippen LogP contribution in [0.1, 0.15) is 26.7 Å². The molecular weight excluding hydrogens is 236 g/mol. The SMILES string of the molecule is CCOC(=O)C(C)NC(=O)COC1CCNCC1. The molecule has 0 saturated carbocycles. The number of hydrogen-bond donors (Lipinski definition) is 2. The molecule has 1 fully saturated rings. The standard InChI is InChI=1S/C12H22N2O4/c1-3-17-12(16)9(2)14-11(15)8-18-10-4-6-13-7-5-10/h9-10,13H,3-8H2,1-2H3,(H,14,15). The number of carbonyl (C=O) groups is 2. The smallest absolute Gasteiger partial charge is 0.328 e. The number of hydrogen-bond acceptors (Lipinski definition) is 5. The fourth-order valence-electron chi connectivity index (χ4n) is 1.76. The summed E-state index contributed by atoms with van der Waals surface area (Å²) in [7, 11) is 0. The van der Waals surface area contributed by atoms with Crippen LogP contribution in [-0.2, 0) is 19.1 Å². The fraction of sp³-hybridized carbons (Fsp3) is 0.833. The van der Waals surface area contributed by atoms with Crippen LogP contribution in [-0.4, -0.2) is 50.3 Å². The highest BCUT2D eigenvalue weighted by Crippen LogP contribution is 2.06. The molecule has 0 spiro atoms. The maximum atomic E-state index is 11.5. The van der Waals surface area contributed by atoms with Crippen molar-refractivity contribution >= 4 is 11.9 Å². The summed E-state index contributed by atoms with van der Waals surface area (Å²) in [5, 5.41) is 5.77. The Morgan fingerprint density at radius 1 is 1.39 bits per heavy atom. The van der Waals surface area contributed by atoms with Crippen molar-refractivity contribution in [1.82, 2.24) is 10.6 Å². The number of carbonyl (C=O) groups excluding carboxylic acids is 2. The molecule has 104 valence electrons. The second kappa shape index (κ2) is 8.05. The lowest BCUT2D eigenvalue weighted by Gasteiger charge is -2.23. The van der Waals surface area contributed by atoms with Crippen molar-refractivity contribution < 1.29 is 19.1 Å². The Morgan fingerprint density at radius 2 is 2.06 bits per heavy atom. The normalized spacial score (nSPS) is 18.1. The van der Waals surface area contributed by atoms with E-state index in [1.165, 1.54) is 0 Å². The molecule has 0 bridgehead atoms. The molecule has 1 unspecified atom stereocenters. The van der Waals surface area contributed by atoms with Gasteiger partial charge in [0.1, 0.15) is 12.6 Å². The zero-order chi connectivity index (χ0) is 13.4. The second-order valence-corrected chi connectivity index (χ2v) is 4.30.